The van der Waals surface area contributed by atoms with Crippen LogP contribution in [0.25, 0.3) is 0 Å². The van der Waals surface area contributed by atoms with Crippen molar-refractivity contribution < 1.29 is 15.0 Å². The van der Waals surface area contributed by atoms with Crippen LogP contribution in [0.3, 0.4) is 0 Å². The van der Waals surface area contributed by atoms with Crippen molar-refractivity contribution >= 4 is 29.5 Å². The predicted molar refractivity (Wildman–Crippen MR) is 74.4 cm³/mol. The summed E-state index contributed by atoms with van der Waals surface area (Å²) in [5.41, 5.74) is 0.912. The van der Waals surface area contributed by atoms with Crippen LogP contribution in [0.2, 0.25) is 10.0 Å². The van der Waals surface area contributed by atoms with Crippen molar-refractivity contribution in [3.8, 4) is 11.5 Å². The first kappa shape index (κ1) is 13.7. The van der Waals surface area contributed by atoms with Crippen LogP contribution in [0.1, 0.15) is 21.5 Å². The van der Waals surface area contributed by atoms with E-state index in [1.165, 1.54) is 12.1 Å². The van der Waals surface area contributed by atoms with Crippen LogP contribution in [0.4, 0.5) is 0 Å². The van der Waals surface area contributed by atoms with Gasteiger partial charge in [-0.1, -0.05) is 29.3 Å². The summed E-state index contributed by atoms with van der Waals surface area (Å²) in [5, 5.41) is 20.6. The molecule has 0 aromatic heterocycles. The third kappa shape index (κ3) is 2.67. The molecule has 2 rings (SSSR count). The van der Waals surface area contributed by atoms with Gasteiger partial charge in [-0.2, -0.15) is 0 Å². The molecule has 19 heavy (non-hydrogen) atoms. The Labute approximate surface area is 120 Å². The van der Waals surface area contributed by atoms with E-state index in [0.717, 1.165) is 0 Å². The van der Waals surface area contributed by atoms with Gasteiger partial charge in [-0.3, -0.25) is 4.79 Å². The number of carbonyl (C=O) groups is 1. The maximum absolute atomic E-state index is 10.8. The Morgan fingerprint density at radius 2 is 1.63 bits per heavy atom. The Morgan fingerprint density at radius 3 is 2.21 bits per heavy atom. The molecule has 0 heterocycles. The Bertz CT molecular complexity index is 619. The lowest BCUT2D eigenvalue weighted by Crippen LogP contribution is -1.95. The molecule has 0 unspecified atom stereocenters. The van der Waals surface area contributed by atoms with Gasteiger partial charge in [0.1, 0.15) is 11.5 Å². The fourth-order valence-electron chi connectivity index (χ4n) is 1.79. The molecule has 0 bridgehead atoms. The van der Waals surface area contributed by atoms with Gasteiger partial charge >= 0.3 is 0 Å². The zero-order chi connectivity index (χ0) is 14.0. The summed E-state index contributed by atoms with van der Waals surface area (Å²) in [6.45, 7) is 0. The Morgan fingerprint density at radius 1 is 1.00 bits per heavy atom. The summed E-state index contributed by atoms with van der Waals surface area (Å²) in [4.78, 5) is 10.8. The number of aromatic hydroxyl groups is 2. The SMILES string of the molecule is O=Cc1ccc(O)c(Cc2c(Cl)cccc2Cl)c1O. The molecular weight excluding hydrogens is 287 g/mol. The van der Waals surface area contributed by atoms with Gasteiger partial charge in [0.05, 0.1) is 5.56 Å². The molecule has 0 amide bonds. The first-order chi connectivity index (χ1) is 9.04. The molecule has 2 aromatic carbocycles. The highest BCUT2D eigenvalue weighted by molar-refractivity contribution is 6.36. The lowest BCUT2D eigenvalue weighted by Gasteiger charge is -2.11. The third-order valence-electron chi connectivity index (χ3n) is 2.83. The highest BCUT2D eigenvalue weighted by atomic mass is 35.5. The second-order valence-electron chi connectivity index (χ2n) is 4.00. The molecule has 0 atom stereocenters. The van der Waals surface area contributed by atoms with E-state index in [0.29, 0.717) is 21.9 Å². The first-order valence-corrected chi connectivity index (χ1v) is 6.22. The van der Waals surface area contributed by atoms with Gasteiger partial charge < -0.3 is 10.2 Å². The zero-order valence-corrected chi connectivity index (χ0v) is 11.2. The van der Waals surface area contributed by atoms with Gasteiger partial charge in [0, 0.05) is 22.0 Å². The van der Waals surface area contributed by atoms with Crippen molar-refractivity contribution in [2.24, 2.45) is 0 Å². The molecule has 98 valence electrons. The molecule has 0 fully saturated rings. The minimum absolute atomic E-state index is 0.107. The van der Waals surface area contributed by atoms with Gasteiger partial charge in [0.2, 0.25) is 0 Å². The number of halogens is 2. The Balaban J connectivity index is 2.52. The number of aldehydes is 1. The highest BCUT2D eigenvalue weighted by Crippen LogP contribution is 2.35. The first-order valence-electron chi connectivity index (χ1n) is 5.46. The molecule has 0 aliphatic carbocycles. The van der Waals surface area contributed by atoms with Crippen molar-refractivity contribution in [1.29, 1.82) is 0 Å². The van der Waals surface area contributed by atoms with E-state index >= 15 is 0 Å². The Kier molecular flexibility index (Phi) is 3.98. The number of phenols is 2. The van der Waals surface area contributed by atoms with Crippen LogP contribution in [0.5, 0.6) is 11.5 Å². The van der Waals surface area contributed by atoms with E-state index in [1.807, 2.05) is 0 Å². The number of carbonyl (C=O) groups excluding carboxylic acids is 1. The zero-order valence-electron chi connectivity index (χ0n) is 9.73. The fraction of sp³-hybridized carbons (Fsp3) is 0.0714. The second-order valence-corrected chi connectivity index (χ2v) is 4.81. The molecule has 0 spiro atoms. The van der Waals surface area contributed by atoms with Gasteiger partial charge in [0.25, 0.3) is 0 Å². The second kappa shape index (κ2) is 5.51. The van der Waals surface area contributed by atoms with Crippen molar-refractivity contribution in [2.75, 3.05) is 0 Å². The fourth-order valence-corrected chi connectivity index (χ4v) is 2.32. The number of phenolic OH excluding ortho intramolecular Hbond substituents is 2. The molecule has 5 heteroatoms. The monoisotopic (exact) mass is 296 g/mol. The third-order valence-corrected chi connectivity index (χ3v) is 3.54. The summed E-state index contributed by atoms with van der Waals surface area (Å²) < 4.78 is 0. The quantitative estimate of drug-likeness (QED) is 0.847. The van der Waals surface area contributed by atoms with Crippen molar-refractivity contribution in [1.82, 2.24) is 0 Å². The number of hydrogen-bond donors (Lipinski definition) is 2. The van der Waals surface area contributed by atoms with E-state index in [2.05, 4.69) is 0 Å². The van der Waals surface area contributed by atoms with Gasteiger partial charge in [-0.25, -0.2) is 0 Å². The largest absolute Gasteiger partial charge is 0.508 e. The van der Waals surface area contributed by atoms with Crippen LogP contribution in [0.15, 0.2) is 30.3 Å². The van der Waals surface area contributed by atoms with E-state index in [4.69, 9.17) is 23.2 Å². The van der Waals surface area contributed by atoms with Crippen molar-refractivity contribution in [2.45, 2.75) is 6.42 Å². The van der Waals surface area contributed by atoms with E-state index in [1.54, 1.807) is 18.2 Å². The maximum atomic E-state index is 10.8. The molecule has 2 N–H and O–H groups in total. The Hall–Kier alpha value is -1.71. The predicted octanol–water partition coefficient (Wildman–Crippen LogP) is 3.81. The summed E-state index contributed by atoms with van der Waals surface area (Å²) in [7, 11) is 0. The number of hydrogen-bond acceptors (Lipinski definition) is 3. The van der Waals surface area contributed by atoms with Crippen molar-refractivity contribution in [3.05, 3.63) is 57.1 Å². The lowest BCUT2D eigenvalue weighted by atomic mass is 10.0. The van der Waals surface area contributed by atoms with Crippen LogP contribution < -0.4 is 0 Å². The topological polar surface area (TPSA) is 57.5 Å². The van der Waals surface area contributed by atoms with Crippen molar-refractivity contribution in [3.63, 3.8) is 0 Å². The molecule has 2 aromatic rings. The van der Waals surface area contributed by atoms with Gasteiger partial charge in [-0.05, 0) is 29.8 Å². The molecule has 0 saturated carbocycles. The molecule has 0 aliphatic rings. The average Bonchev–Trinajstić information content (AvgIpc) is 2.37. The van der Waals surface area contributed by atoms with E-state index in [-0.39, 0.29) is 29.0 Å². The maximum Gasteiger partial charge on any atom is 0.153 e. The molecule has 0 aliphatic heterocycles. The molecular formula is C14H10Cl2O3. The van der Waals surface area contributed by atoms with Crippen LogP contribution in [-0.4, -0.2) is 16.5 Å². The minimum Gasteiger partial charge on any atom is -0.508 e. The standard InChI is InChI=1S/C14H10Cl2O3/c15-11-2-1-3-12(16)9(11)6-10-13(18)5-4-8(7-17)14(10)19/h1-5,7,18-19H,6H2. The summed E-state index contributed by atoms with van der Waals surface area (Å²) in [6.07, 6.45) is 0.657. The van der Waals surface area contributed by atoms with Crippen LogP contribution >= 0.6 is 23.2 Å². The molecule has 0 saturated heterocycles. The number of rotatable bonds is 3. The average molecular weight is 297 g/mol. The number of benzene rings is 2. The van der Waals surface area contributed by atoms with Crippen LogP contribution in [0, 0.1) is 0 Å². The highest BCUT2D eigenvalue weighted by Gasteiger charge is 2.15. The summed E-state index contributed by atoms with van der Waals surface area (Å²) in [6, 6.07) is 7.73. The van der Waals surface area contributed by atoms with E-state index < -0.39 is 0 Å². The normalized spacial score (nSPS) is 10.4. The van der Waals surface area contributed by atoms with E-state index in [9.17, 15) is 15.0 Å². The molecule has 3 nitrogen and oxygen atoms in total. The smallest absolute Gasteiger partial charge is 0.153 e. The lowest BCUT2D eigenvalue weighted by molar-refractivity contribution is 0.112. The summed E-state index contributed by atoms with van der Waals surface area (Å²) in [5.74, 6) is -0.370. The molecule has 0 radical (unpaired) electrons. The minimum atomic E-state index is -0.258. The van der Waals surface area contributed by atoms with Gasteiger partial charge in [-0.15, -0.1) is 0 Å². The summed E-state index contributed by atoms with van der Waals surface area (Å²) >= 11 is 12.1. The van der Waals surface area contributed by atoms with Gasteiger partial charge in [0.15, 0.2) is 6.29 Å². The van der Waals surface area contributed by atoms with Crippen LogP contribution in [-0.2, 0) is 6.42 Å².